The van der Waals surface area contributed by atoms with Gasteiger partial charge < -0.3 is 10.6 Å². The first kappa shape index (κ1) is 22.4. The molecule has 0 unspecified atom stereocenters. The normalized spacial score (nSPS) is 21.1. The van der Waals surface area contributed by atoms with Crippen LogP contribution in [0.25, 0.3) is 0 Å². The molecule has 1 heterocycles. The summed E-state index contributed by atoms with van der Waals surface area (Å²) in [6.07, 6.45) is 2.39. The summed E-state index contributed by atoms with van der Waals surface area (Å²) in [7, 11) is -2.81. The van der Waals surface area contributed by atoms with Gasteiger partial charge in [0.15, 0.2) is 15.8 Å². The topological polar surface area (TPSA) is 73.8 Å². The molecule has 2 aliphatic rings. The van der Waals surface area contributed by atoms with Gasteiger partial charge in [-0.3, -0.25) is 9.89 Å². The lowest BCUT2D eigenvalue weighted by atomic mass is 9.96. The van der Waals surface area contributed by atoms with Gasteiger partial charge in [0.05, 0.1) is 18.1 Å². The summed E-state index contributed by atoms with van der Waals surface area (Å²) >= 11 is 0. The first-order valence-corrected chi connectivity index (χ1v) is 11.4. The number of nitrogens with one attached hydrogen (secondary N) is 2. The van der Waals surface area contributed by atoms with E-state index in [0.29, 0.717) is 13.1 Å². The molecule has 2 N–H and O–H groups in total. The van der Waals surface area contributed by atoms with Gasteiger partial charge in [-0.05, 0) is 25.3 Å². The van der Waals surface area contributed by atoms with Gasteiger partial charge in [0.2, 0.25) is 0 Å². The van der Waals surface area contributed by atoms with Gasteiger partial charge in [0.25, 0.3) is 0 Å². The number of rotatable bonds is 7. The third-order valence-electron chi connectivity index (χ3n) is 5.28. The number of nitrogens with zero attached hydrogens (tertiary/aromatic N) is 2. The number of halogens is 1. The number of guanidine groups is 1. The van der Waals surface area contributed by atoms with Crippen molar-refractivity contribution in [2.75, 3.05) is 50.8 Å². The highest BCUT2D eigenvalue weighted by atomic mass is 127. The Morgan fingerprint density at radius 3 is 2.41 bits per heavy atom. The Labute approximate surface area is 180 Å². The maximum Gasteiger partial charge on any atom is 0.191 e. The van der Waals surface area contributed by atoms with Crippen molar-refractivity contribution in [3.05, 3.63) is 35.9 Å². The van der Waals surface area contributed by atoms with Gasteiger partial charge in [-0.25, -0.2) is 8.42 Å². The lowest BCUT2D eigenvalue weighted by Crippen LogP contribution is -2.46. The zero-order valence-corrected chi connectivity index (χ0v) is 19.1. The van der Waals surface area contributed by atoms with E-state index in [4.69, 9.17) is 4.99 Å². The molecule has 0 atom stereocenters. The maximum atomic E-state index is 11.5. The lowest BCUT2D eigenvalue weighted by Gasteiger charge is -2.26. The minimum Gasteiger partial charge on any atom is -0.357 e. The maximum absolute atomic E-state index is 11.5. The summed E-state index contributed by atoms with van der Waals surface area (Å²) in [5.41, 5.74) is 1.60. The van der Waals surface area contributed by atoms with Gasteiger partial charge in [-0.2, -0.15) is 0 Å². The molecule has 0 radical (unpaired) electrons. The Kier molecular flexibility index (Phi) is 8.36. The summed E-state index contributed by atoms with van der Waals surface area (Å²) in [6, 6.07) is 10.7. The molecular formula is C19H31IN4O2S. The van der Waals surface area contributed by atoms with Gasteiger partial charge >= 0.3 is 0 Å². The van der Waals surface area contributed by atoms with Crippen molar-refractivity contribution in [1.82, 2.24) is 15.5 Å². The van der Waals surface area contributed by atoms with E-state index in [2.05, 4.69) is 52.8 Å². The number of hydrogen-bond donors (Lipinski definition) is 2. The predicted octanol–water partition coefficient (Wildman–Crippen LogP) is 1.62. The van der Waals surface area contributed by atoms with E-state index < -0.39 is 9.84 Å². The van der Waals surface area contributed by atoms with Crippen molar-refractivity contribution in [3.63, 3.8) is 0 Å². The minimum atomic E-state index is -2.81. The smallest absolute Gasteiger partial charge is 0.191 e. The fraction of sp³-hybridized carbons (Fsp3) is 0.632. The Morgan fingerprint density at radius 2 is 1.81 bits per heavy atom. The Hall–Kier alpha value is -0.870. The molecule has 6 nitrogen and oxygen atoms in total. The van der Waals surface area contributed by atoms with Crippen LogP contribution in [0.4, 0.5) is 0 Å². The molecule has 8 heteroatoms. The molecule has 0 spiro atoms. The van der Waals surface area contributed by atoms with Crippen LogP contribution in [0.3, 0.4) is 0 Å². The number of benzene rings is 1. The van der Waals surface area contributed by atoms with E-state index in [9.17, 15) is 8.42 Å². The lowest BCUT2D eigenvalue weighted by molar-refractivity contribution is 0.299. The SMILES string of the molecule is CCNC(=NCC1(c2ccccc2)CC1)NCCN1CCS(=O)(=O)CC1.I. The molecular weight excluding hydrogens is 475 g/mol. The van der Waals surface area contributed by atoms with Gasteiger partial charge in [0, 0.05) is 38.1 Å². The van der Waals surface area contributed by atoms with Crippen molar-refractivity contribution in [1.29, 1.82) is 0 Å². The molecule has 1 aromatic rings. The summed E-state index contributed by atoms with van der Waals surface area (Å²) in [5, 5.41) is 6.70. The Balaban J connectivity index is 0.00000261. The molecule has 0 bridgehead atoms. The van der Waals surface area contributed by atoms with Crippen molar-refractivity contribution in [3.8, 4) is 0 Å². The van der Waals surface area contributed by atoms with E-state index in [0.717, 1.165) is 32.1 Å². The first-order chi connectivity index (χ1) is 12.5. The first-order valence-electron chi connectivity index (χ1n) is 9.53. The van der Waals surface area contributed by atoms with Crippen LogP contribution in [0.1, 0.15) is 25.3 Å². The van der Waals surface area contributed by atoms with Gasteiger partial charge in [-0.1, -0.05) is 30.3 Å². The van der Waals surface area contributed by atoms with Gasteiger partial charge in [0.1, 0.15) is 0 Å². The second kappa shape index (κ2) is 10.1. The van der Waals surface area contributed by atoms with E-state index in [-0.39, 0.29) is 40.9 Å². The molecule has 2 fully saturated rings. The summed E-state index contributed by atoms with van der Waals surface area (Å²) in [5.74, 6) is 1.40. The van der Waals surface area contributed by atoms with Crippen molar-refractivity contribution >= 4 is 39.8 Å². The molecule has 1 saturated carbocycles. The summed E-state index contributed by atoms with van der Waals surface area (Å²) in [6.45, 7) is 6.56. The Morgan fingerprint density at radius 1 is 1.15 bits per heavy atom. The number of hydrogen-bond acceptors (Lipinski definition) is 4. The van der Waals surface area contributed by atoms with Crippen LogP contribution < -0.4 is 10.6 Å². The average molecular weight is 506 g/mol. The van der Waals surface area contributed by atoms with E-state index in [1.807, 2.05) is 0 Å². The molecule has 0 amide bonds. The monoisotopic (exact) mass is 506 g/mol. The highest BCUT2D eigenvalue weighted by Gasteiger charge is 2.43. The van der Waals surface area contributed by atoms with E-state index >= 15 is 0 Å². The van der Waals surface area contributed by atoms with E-state index in [1.165, 1.54) is 18.4 Å². The quantitative estimate of drug-likeness (QED) is 0.334. The van der Waals surface area contributed by atoms with Crippen LogP contribution in [0.2, 0.25) is 0 Å². The minimum absolute atomic E-state index is 0. The fourth-order valence-corrected chi connectivity index (χ4v) is 4.64. The predicted molar refractivity (Wildman–Crippen MR) is 122 cm³/mol. The molecule has 1 saturated heterocycles. The van der Waals surface area contributed by atoms with Crippen LogP contribution in [0.5, 0.6) is 0 Å². The van der Waals surface area contributed by atoms with Crippen molar-refractivity contribution < 1.29 is 8.42 Å². The second-order valence-corrected chi connectivity index (χ2v) is 9.57. The number of aliphatic imine (C=N–C) groups is 1. The second-order valence-electron chi connectivity index (χ2n) is 7.26. The van der Waals surface area contributed by atoms with Crippen LogP contribution in [-0.2, 0) is 15.3 Å². The molecule has 152 valence electrons. The van der Waals surface area contributed by atoms with Crippen LogP contribution in [-0.4, -0.2) is 70.1 Å². The highest BCUT2D eigenvalue weighted by molar-refractivity contribution is 14.0. The Bertz CT molecular complexity index is 706. The summed E-state index contributed by atoms with van der Waals surface area (Å²) in [4.78, 5) is 7.01. The molecule has 0 aromatic heterocycles. The largest absolute Gasteiger partial charge is 0.357 e. The van der Waals surface area contributed by atoms with Crippen LogP contribution in [0.15, 0.2) is 35.3 Å². The highest BCUT2D eigenvalue weighted by Crippen LogP contribution is 2.48. The third-order valence-corrected chi connectivity index (χ3v) is 6.89. The van der Waals surface area contributed by atoms with Crippen LogP contribution >= 0.6 is 24.0 Å². The van der Waals surface area contributed by atoms with E-state index in [1.54, 1.807) is 0 Å². The summed E-state index contributed by atoms with van der Waals surface area (Å²) < 4.78 is 23.0. The molecule has 1 aliphatic carbocycles. The van der Waals surface area contributed by atoms with Crippen molar-refractivity contribution in [2.24, 2.45) is 4.99 Å². The van der Waals surface area contributed by atoms with Gasteiger partial charge in [-0.15, -0.1) is 24.0 Å². The van der Waals surface area contributed by atoms with Crippen molar-refractivity contribution in [2.45, 2.75) is 25.2 Å². The molecule has 3 rings (SSSR count). The zero-order chi connectivity index (χ0) is 18.5. The standard InChI is InChI=1S/C19H30N4O2S.HI/c1-2-20-18(21-10-11-23-12-14-26(24,25)15-13-23)22-16-19(8-9-19)17-6-4-3-5-7-17;/h3-7H,2,8-16H2,1H3,(H2,20,21,22);1H. The van der Waals surface area contributed by atoms with Crippen LogP contribution in [0, 0.1) is 0 Å². The zero-order valence-electron chi connectivity index (χ0n) is 16.0. The molecule has 1 aromatic carbocycles. The number of sulfone groups is 1. The average Bonchev–Trinajstić information content (AvgIpc) is 3.43. The molecule has 27 heavy (non-hydrogen) atoms. The fourth-order valence-electron chi connectivity index (χ4n) is 3.36. The third kappa shape index (κ3) is 6.60. The molecule has 1 aliphatic heterocycles.